The number of amides is 2. The highest BCUT2D eigenvalue weighted by molar-refractivity contribution is 6.31. The molecule has 1 aromatic heterocycles. The van der Waals surface area contributed by atoms with Crippen LogP contribution in [0.5, 0.6) is 0 Å². The van der Waals surface area contributed by atoms with Gasteiger partial charge >= 0.3 is 0 Å². The molecule has 0 saturated heterocycles. The molecule has 27 heavy (non-hydrogen) atoms. The van der Waals surface area contributed by atoms with Crippen molar-refractivity contribution in [3.63, 3.8) is 0 Å². The van der Waals surface area contributed by atoms with Crippen LogP contribution < -0.4 is 10.6 Å². The number of aromatic nitrogens is 1. The molecule has 2 amide bonds. The molecule has 0 aliphatic heterocycles. The third kappa shape index (κ3) is 4.71. The standard InChI is InChI=1S/C21H18ClN3O2/c1-13-4-3-5-17(8-13)24-20(26)15-9-16(12-23-11-15)21(27)25-18-7-6-14(2)19(22)10-18/h3-12H,1-2H3,(H,24,26)(H,25,27). The predicted octanol–water partition coefficient (Wildman–Crippen LogP) is 4.86. The molecular formula is C21H18ClN3O2. The first kappa shape index (κ1) is 18.6. The normalized spacial score (nSPS) is 10.3. The van der Waals surface area contributed by atoms with Crippen molar-refractivity contribution in [3.8, 4) is 0 Å². The highest BCUT2D eigenvalue weighted by atomic mass is 35.5. The third-order valence-electron chi connectivity index (χ3n) is 3.97. The second kappa shape index (κ2) is 8.01. The van der Waals surface area contributed by atoms with Crippen molar-refractivity contribution in [3.05, 3.63) is 88.2 Å². The van der Waals surface area contributed by atoms with E-state index in [2.05, 4.69) is 15.6 Å². The van der Waals surface area contributed by atoms with Crippen LogP contribution >= 0.6 is 11.6 Å². The molecule has 3 aromatic rings. The monoisotopic (exact) mass is 379 g/mol. The summed E-state index contributed by atoms with van der Waals surface area (Å²) < 4.78 is 0. The van der Waals surface area contributed by atoms with Gasteiger partial charge in [-0.3, -0.25) is 14.6 Å². The predicted molar refractivity (Wildman–Crippen MR) is 108 cm³/mol. The summed E-state index contributed by atoms with van der Waals surface area (Å²) in [5, 5.41) is 6.12. The Morgan fingerprint density at radius 3 is 2.07 bits per heavy atom. The number of nitrogens with one attached hydrogen (secondary N) is 2. The van der Waals surface area contributed by atoms with Crippen LogP contribution in [-0.2, 0) is 0 Å². The Labute approximate surface area is 162 Å². The average molecular weight is 380 g/mol. The largest absolute Gasteiger partial charge is 0.322 e. The van der Waals surface area contributed by atoms with Gasteiger partial charge in [0.15, 0.2) is 0 Å². The highest BCUT2D eigenvalue weighted by Crippen LogP contribution is 2.20. The van der Waals surface area contributed by atoms with Crippen LogP contribution in [0.2, 0.25) is 5.02 Å². The van der Waals surface area contributed by atoms with E-state index in [1.54, 1.807) is 18.2 Å². The molecule has 0 aliphatic carbocycles. The smallest absolute Gasteiger partial charge is 0.257 e. The summed E-state index contributed by atoms with van der Waals surface area (Å²) in [4.78, 5) is 28.9. The molecule has 5 nitrogen and oxygen atoms in total. The molecule has 0 aliphatic rings. The zero-order chi connectivity index (χ0) is 19.4. The van der Waals surface area contributed by atoms with Crippen LogP contribution in [0.25, 0.3) is 0 Å². The quantitative estimate of drug-likeness (QED) is 0.680. The number of anilines is 2. The Morgan fingerprint density at radius 1 is 0.852 bits per heavy atom. The van der Waals surface area contributed by atoms with E-state index < -0.39 is 0 Å². The lowest BCUT2D eigenvalue weighted by Gasteiger charge is -2.09. The van der Waals surface area contributed by atoms with Crippen molar-refractivity contribution in [2.75, 3.05) is 10.6 Å². The first-order valence-corrected chi connectivity index (χ1v) is 8.71. The van der Waals surface area contributed by atoms with Gasteiger partial charge in [-0.05, 0) is 55.3 Å². The summed E-state index contributed by atoms with van der Waals surface area (Å²) in [6.45, 7) is 3.83. The zero-order valence-electron chi connectivity index (χ0n) is 14.9. The number of pyridine rings is 1. The first-order valence-electron chi connectivity index (χ1n) is 8.33. The fourth-order valence-corrected chi connectivity index (χ4v) is 2.67. The van der Waals surface area contributed by atoms with Crippen LogP contribution in [0.4, 0.5) is 11.4 Å². The van der Waals surface area contributed by atoms with Gasteiger partial charge in [0.05, 0.1) is 11.1 Å². The number of halogens is 1. The van der Waals surface area contributed by atoms with Gasteiger partial charge in [-0.1, -0.05) is 29.8 Å². The Bertz CT molecular complexity index is 1020. The minimum atomic E-state index is -0.368. The number of hydrogen-bond donors (Lipinski definition) is 2. The second-order valence-corrected chi connectivity index (χ2v) is 6.61. The molecule has 6 heteroatoms. The van der Waals surface area contributed by atoms with Gasteiger partial charge in [0.25, 0.3) is 11.8 Å². The van der Waals surface area contributed by atoms with Crippen molar-refractivity contribution in [2.45, 2.75) is 13.8 Å². The lowest BCUT2D eigenvalue weighted by molar-refractivity contribution is 0.102. The van der Waals surface area contributed by atoms with Crippen molar-refractivity contribution in [1.82, 2.24) is 4.98 Å². The third-order valence-corrected chi connectivity index (χ3v) is 4.38. The Hall–Kier alpha value is -3.18. The van der Waals surface area contributed by atoms with Crippen molar-refractivity contribution in [2.24, 2.45) is 0 Å². The molecule has 0 radical (unpaired) electrons. The number of aryl methyl sites for hydroxylation is 2. The Morgan fingerprint density at radius 2 is 1.48 bits per heavy atom. The van der Waals surface area contributed by atoms with Crippen molar-refractivity contribution in [1.29, 1.82) is 0 Å². The van der Waals surface area contributed by atoms with E-state index in [0.717, 1.165) is 11.1 Å². The van der Waals surface area contributed by atoms with Crippen LogP contribution in [0.3, 0.4) is 0 Å². The first-order chi connectivity index (χ1) is 12.9. The number of rotatable bonds is 4. The van der Waals surface area contributed by atoms with Crippen molar-refractivity contribution >= 4 is 34.8 Å². The lowest BCUT2D eigenvalue weighted by Crippen LogP contribution is -2.16. The summed E-state index contributed by atoms with van der Waals surface area (Å²) >= 11 is 6.08. The number of hydrogen-bond acceptors (Lipinski definition) is 3. The van der Waals surface area contributed by atoms with Gasteiger partial charge in [-0.25, -0.2) is 0 Å². The lowest BCUT2D eigenvalue weighted by atomic mass is 10.1. The fraction of sp³-hybridized carbons (Fsp3) is 0.0952. The maximum Gasteiger partial charge on any atom is 0.257 e. The van der Waals surface area contributed by atoms with E-state index in [1.807, 2.05) is 38.1 Å². The summed E-state index contributed by atoms with van der Waals surface area (Å²) in [7, 11) is 0. The molecule has 0 atom stereocenters. The molecule has 2 aromatic carbocycles. The molecule has 3 rings (SSSR count). The number of benzene rings is 2. The van der Waals surface area contributed by atoms with Crippen LogP contribution in [0.1, 0.15) is 31.8 Å². The summed E-state index contributed by atoms with van der Waals surface area (Å²) in [6, 6.07) is 14.2. The molecule has 0 unspecified atom stereocenters. The summed E-state index contributed by atoms with van der Waals surface area (Å²) in [5.74, 6) is -0.700. The minimum Gasteiger partial charge on any atom is -0.322 e. The van der Waals surface area contributed by atoms with Gasteiger partial charge in [0.2, 0.25) is 0 Å². The molecule has 0 saturated carbocycles. The minimum absolute atomic E-state index is 0.281. The number of carbonyl (C=O) groups is 2. The van der Waals surface area contributed by atoms with E-state index in [9.17, 15) is 9.59 Å². The molecule has 1 heterocycles. The molecule has 0 bridgehead atoms. The molecule has 0 fully saturated rings. The average Bonchev–Trinajstić information content (AvgIpc) is 2.65. The maximum atomic E-state index is 12.5. The van der Waals surface area contributed by atoms with E-state index >= 15 is 0 Å². The number of nitrogens with zero attached hydrogens (tertiary/aromatic N) is 1. The summed E-state index contributed by atoms with van der Waals surface area (Å²) in [5.41, 5.74) is 3.80. The molecule has 0 spiro atoms. The Balaban J connectivity index is 1.75. The van der Waals surface area contributed by atoms with Crippen LogP contribution in [0.15, 0.2) is 60.9 Å². The van der Waals surface area contributed by atoms with Gasteiger partial charge in [0.1, 0.15) is 0 Å². The fourth-order valence-electron chi connectivity index (χ4n) is 2.49. The highest BCUT2D eigenvalue weighted by Gasteiger charge is 2.12. The van der Waals surface area contributed by atoms with Crippen molar-refractivity contribution < 1.29 is 9.59 Å². The van der Waals surface area contributed by atoms with Crippen LogP contribution in [-0.4, -0.2) is 16.8 Å². The van der Waals surface area contributed by atoms with E-state index in [-0.39, 0.29) is 17.4 Å². The number of carbonyl (C=O) groups excluding carboxylic acids is 2. The maximum absolute atomic E-state index is 12.5. The van der Waals surface area contributed by atoms with Gasteiger partial charge in [0, 0.05) is 28.8 Å². The van der Waals surface area contributed by atoms with Gasteiger partial charge in [-0.2, -0.15) is 0 Å². The molecular weight excluding hydrogens is 362 g/mol. The SMILES string of the molecule is Cc1cccc(NC(=O)c2cncc(C(=O)Nc3ccc(C)c(Cl)c3)c2)c1. The van der Waals surface area contributed by atoms with Crippen LogP contribution in [0, 0.1) is 13.8 Å². The van der Waals surface area contributed by atoms with E-state index in [1.165, 1.54) is 18.5 Å². The van der Waals surface area contributed by atoms with E-state index in [4.69, 9.17) is 11.6 Å². The second-order valence-electron chi connectivity index (χ2n) is 6.20. The Kier molecular flexibility index (Phi) is 5.52. The van der Waals surface area contributed by atoms with E-state index in [0.29, 0.717) is 22.0 Å². The van der Waals surface area contributed by atoms with Gasteiger partial charge < -0.3 is 10.6 Å². The summed E-state index contributed by atoms with van der Waals surface area (Å²) in [6.07, 6.45) is 2.83. The van der Waals surface area contributed by atoms with Gasteiger partial charge in [-0.15, -0.1) is 0 Å². The zero-order valence-corrected chi connectivity index (χ0v) is 15.7. The molecule has 136 valence electrons. The topological polar surface area (TPSA) is 71.1 Å². The molecule has 2 N–H and O–H groups in total.